The Hall–Kier alpha value is -1.10. The van der Waals surface area contributed by atoms with Gasteiger partial charge in [-0.25, -0.2) is 0 Å². The monoisotopic (exact) mass is 253 g/mol. The quantitative estimate of drug-likeness (QED) is 0.540. The van der Waals surface area contributed by atoms with Crippen molar-refractivity contribution in [3.8, 4) is 5.75 Å². The fourth-order valence-corrected chi connectivity index (χ4v) is 1.57. The van der Waals surface area contributed by atoms with Crippen LogP contribution in [0.1, 0.15) is 18.1 Å². The van der Waals surface area contributed by atoms with Crippen LogP contribution in [0.2, 0.25) is 0 Å². The molecule has 0 fully saturated rings. The first-order chi connectivity index (χ1) is 8.77. The van der Waals surface area contributed by atoms with Gasteiger partial charge in [0.25, 0.3) is 0 Å². The lowest BCUT2D eigenvalue weighted by molar-refractivity contribution is 0.0217. The summed E-state index contributed by atoms with van der Waals surface area (Å²) in [4.78, 5) is 0. The van der Waals surface area contributed by atoms with Gasteiger partial charge in [-0.1, -0.05) is 17.7 Å². The summed E-state index contributed by atoms with van der Waals surface area (Å²) in [5, 5.41) is 3.31. The van der Waals surface area contributed by atoms with Crippen molar-refractivity contribution in [2.75, 3.05) is 33.7 Å². The van der Waals surface area contributed by atoms with Crippen LogP contribution < -0.4 is 10.1 Å². The molecule has 102 valence electrons. The molecule has 1 N–H and O–H groups in total. The summed E-state index contributed by atoms with van der Waals surface area (Å²) in [5.41, 5.74) is 2.37. The summed E-state index contributed by atoms with van der Waals surface area (Å²) in [5.74, 6) is 0.874. The number of methoxy groups -OCH3 is 1. The van der Waals surface area contributed by atoms with Crippen LogP contribution in [0.15, 0.2) is 18.2 Å². The van der Waals surface area contributed by atoms with E-state index in [0.717, 1.165) is 24.4 Å². The Morgan fingerprint density at radius 3 is 2.83 bits per heavy atom. The summed E-state index contributed by atoms with van der Waals surface area (Å²) >= 11 is 0. The Balaban J connectivity index is 2.53. The van der Waals surface area contributed by atoms with Gasteiger partial charge in [0.1, 0.15) is 5.75 Å². The second-order valence-electron chi connectivity index (χ2n) is 4.04. The third kappa shape index (κ3) is 5.49. The van der Waals surface area contributed by atoms with Crippen LogP contribution in [-0.4, -0.2) is 33.7 Å². The van der Waals surface area contributed by atoms with Crippen LogP contribution >= 0.6 is 0 Å². The normalized spacial score (nSPS) is 10.6. The van der Waals surface area contributed by atoms with E-state index >= 15 is 0 Å². The van der Waals surface area contributed by atoms with E-state index in [1.807, 2.05) is 19.1 Å². The summed E-state index contributed by atoms with van der Waals surface area (Å²) in [7, 11) is 1.70. The van der Waals surface area contributed by atoms with Gasteiger partial charge in [0.15, 0.2) is 6.79 Å². The molecular formula is C14H23NO3. The highest BCUT2D eigenvalue weighted by Gasteiger charge is 2.04. The maximum Gasteiger partial charge on any atom is 0.189 e. The average Bonchev–Trinajstić information content (AvgIpc) is 2.37. The summed E-state index contributed by atoms with van der Waals surface area (Å²) in [6.45, 7) is 7.29. The van der Waals surface area contributed by atoms with Crippen molar-refractivity contribution in [1.82, 2.24) is 5.32 Å². The van der Waals surface area contributed by atoms with Crippen molar-refractivity contribution in [2.24, 2.45) is 0 Å². The molecule has 0 aromatic heterocycles. The summed E-state index contributed by atoms with van der Waals surface area (Å²) < 4.78 is 15.8. The number of rotatable bonds is 9. The van der Waals surface area contributed by atoms with Gasteiger partial charge < -0.3 is 19.5 Å². The minimum atomic E-state index is 0.296. The fraction of sp³-hybridized carbons (Fsp3) is 0.571. The molecule has 0 aliphatic carbocycles. The first kappa shape index (κ1) is 15.0. The van der Waals surface area contributed by atoms with Crippen LogP contribution in [0.4, 0.5) is 0 Å². The van der Waals surface area contributed by atoms with E-state index in [1.54, 1.807) is 7.11 Å². The van der Waals surface area contributed by atoms with Crippen LogP contribution in [0.25, 0.3) is 0 Å². The van der Waals surface area contributed by atoms with Gasteiger partial charge in [-0.15, -0.1) is 0 Å². The molecule has 1 aromatic carbocycles. The van der Waals surface area contributed by atoms with Gasteiger partial charge in [-0.2, -0.15) is 0 Å². The second-order valence-corrected chi connectivity index (χ2v) is 4.04. The van der Waals surface area contributed by atoms with Gasteiger partial charge >= 0.3 is 0 Å². The first-order valence-electron chi connectivity index (χ1n) is 6.27. The Kier molecular flexibility index (Phi) is 7.41. The lowest BCUT2D eigenvalue weighted by atomic mass is 10.1. The topological polar surface area (TPSA) is 39.7 Å². The van der Waals surface area contributed by atoms with Crippen LogP contribution in [0.5, 0.6) is 5.75 Å². The third-order valence-electron chi connectivity index (χ3n) is 2.52. The van der Waals surface area contributed by atoms with Crippen molar-refractivity contribution in [2.45, 2.75) is 20.4 Å². The van der Waals surface area contributed by atoms with E-state index < -0.39 is 0 Å². The average molecular weight is 253 g/mol. The van der Waals surface area contributed by atoms with Gasteiger partial charge in [0.2, 0.25) is 0 Å². The molecule has 0 radical (unpaired) electrons. The zero-order valence-corrected chi connectivity index (χ0v) is 11.5. The minimum absolute atomic E-state index is 0.296. The highest BCUT2D eigenvalue weighted by atomic mass is 16.7. The zero-order valence-electron chi connectivity index (χ0n) is 11.5. The number of ether oxygens (including phenoxy) is 3. The molecule has 0 aliphatic heterocycles. The summed E-state index contributed by atoms with van der Waals surface area (Å²) in [6, 6.07) is 6.16. The maximum atomic E-state index is 5.60. The highest BCUT2D eigenvalue weighted by Crippen LogP contribution is 2.19. The molecule has 0 heterocycles. The van der Waals surface area contributed by atoms with Gasteiger partial charge in [-0.05, 0) is 19.9 Å². The van der Waals surface area contributed by atoms with E-state index in [0.29, 0.717) is 20.0 Å². The molecule has 4 heteroatoms. The van der Waals surface area contributed by atoms with Gasteiger partial charge in [0.05, 0.1) is 6.61 Å². The maximum absolute atomic E-state index is 5.60. The molecule has 0 atom stereocenters. The largest absolute Gasteiger partial charge is 0.467 e. The van der Waals surface area contributed by atoms with E-state index in [1.165, 1.54) is 5.56 Å². The second kappa shape index (κ2) is 8.91. The van der Waals surface area contributed by atoms with Crippen LogP contribution in [-0.2, 0) is 16.0 Å². The molecule has 0 aliphatic rings. The van der Waals surface area contributed by atoms with E-state index in [2.05, 4.69) is 18.3 Å². The fourth-order valence-electron chi connectivity index (χ4n) is 1.57. The smallest absolute Gasteiger partial charge is 0.189 e. The van der Waals surface area contributed by atoms with Crippen molar-refractivity contribution in [1.29, 1.82) is 0 Å². The number of aryl methyl sites for hydroxylation is 1. The first-order valence-corrected chi connectivity index (χ1v) is 6.27. The molecule has 4 nitrogen and oxygen atoms in total. The molecule has 0 saturated carbocycles. The molecule has 0 amide bonds. The Morgan fingerprint density at radius 1 is 1.28 bits per heavy atom. The Morgan fingerprint density at radius 2 is 2.11 bits per heavy atom. The van der Waals surface area contributed by atoms with E-state index in [-0.39, 0.29) is 0 Å². The molecule has 0 spiro atoms. The Labute approximate surface area is 109 Å². The molecule has 0 unspecified atom stereocenters. The molecule has 18 heavy (non-hydrogen) atoms. The van der Waals surface area contributed by atoms with E-state index in [4.69, 9.17) is 14.2 Å². The third-order valence-corrected chi connectivity index (χ3v) is 2.52. The molecular weight excluding hydrogens is 230 g/mol. The van der Waals surface area contributed by atoms with Crippen LogP contribution in [0, 0.1) is 6.92 Å². The zero-order chi connectivity index (χ0) is 13.2. The Bertz CT molecular complexity index is 342. The number of hydrogen-bond acceptors (Lipinski definition) is 4. The molecule has 1 rings (SSSR count). The SMILES string of the molecule is CCOCOc1ccc(C)cc1CNCCOC. The standard InChI is InChI=1S/C14H23NO3/c1-4-17-11-18-14-6-5-12(2)9-13(14)10-15-7-8-16-3/h5-6,9,15H,4,7-8,10-11H2,1-3H3. The predicted molar refractivity (Wildman–Crippen MR) is 71.9 cm³/mol. The molecule has 0 saturated heterocycles. The van der Waals surface area contributed by atoms with Gasteiger partial charge in [0, 0.05) is 32.4 Å². The lowest BCUT2D eigenvalue weighted by Crippen LogP contribution is -2.19. The van der Waals surface area contributed by atoms with E-state index in [9.17, 15) is 0 Å². The van der Waals surface area contributed by atoms with Crippen molar-refractivity contribution < 1.29 is 14.2 Å². The summed E-state index contributed by atoms with van der Waals surface area (Å²) in [6.07, 6.45) is 0. The number of benzene rings is 1. The molecule has 1 aromatic rings. The van der Waals surface area contributed by atoms with Crippen LogP contribution in [0.3, 0.4) is 0 Å². The predicted octanol–water partition coefficient (Wildman–Crippen LogP) is 2.10. The van der Waals surface area contributed by atoms with Gasteiger partial charge in [-0.3, -0.25) is 0 Å². The minimum Gasteiger partial charge on any atom is -0.467 e. The number of nitrogens with one attached hydrogen (secondary N) is 1. The number of hydrogen-bond donors (Lipinski definition) is 1. The van der Waals surface area contributed by atoms with Crippen molar-refractivity contribution in [3.63, 3.8) is 0 Å². The highest BCUT2D eigenvalue weighted by molar-refractivity contribution is 5.36. The van der Waals surface area contributed by atoms with Crippen molar-refractivity contribution in [3.05, 3.63) is 29.3 Å². The van der Waals surface area contributed by atoms with Crippen molar-refractivity contribution >= 4 is 0 Å². The lowest BCUT2D eigenvalue weighted by Gasteiger charge is -2.13. The molecule has 0 bridgehead atoms.